The van der Waals surface area contributed by atoms with E-state index in [1.807, 2.05) is 12.1 Å². The number of nitriles is 1. The summed E-state index contributed by atoms with van der Waals surface area (Å²) < 4.78 is 0. The smallest absolute Gasteiger partial charge is 0.317 e. The number of nitrogens with zero attached hydrogens (tertiary/aromatic N) is 2. The zero-order valence-corrected chi connectivity index (χ0v) is 12.2. The molecule has 0 saturated carbocycles. The Hall–Kier alpha value is -2.55. The average Bonchev–Trinajstić information content (AvgIpc) is 2.49. The van der Waals surface area contributed by atoms with Crippen molar-refractivity contribution in [1.29, 1.82) is 5.26 Å². The number of hydrogen-bond acceptors (Lipinski definition) is 3. The van der Waals surface area contributed by atoms with Gasteiger partial charge >= 0.3 is 12.0 Å². The van der Waals surface area contributed by atoms with Crippen LogP contribution < -0.4 is 5.32 Å². The first-order chi connectivity index (χ1) is 9.97. The Morgan fingerprint density at radius 2 is 2.19 bits per heavy atom. The first-order valence-corrected chi connectivity index (χ1v) is 6.72. The van der Waals surface area contributed by atoms with E-state index in [0.29, 0.717) is 18.7 Å². The summed E-state index contributed by atoms with van der Waals surface area (Å²) in [4.78, 5) is 24.3. The molecule has 1 aromatic rings. The van der Waals surface area contributed by atoms with E-state index in [2.05, 4.69) is 5.32 Å². The predicted octanol–water partition coefficient (Wildman–Crippen LogP) is 1.81. The molecule has 112 valence electrons. The molecule has 0 aliphatic rings. The van der Waals surface area contributed by atoms with Crippen molar-refractivity contribution in [3.8, 4) is 6.07 Å². The molecule has 1 aromatic carbocycles. The molecule has 6 heteroatoms. The molecule has 0 spiro atoms. The van der Waals surface area contributed by atoms with Crippen molar-refractivity contribution in [2.45, 2.75) is 20.4 Å². The van der Waals surface area contributed by atoms with Gasteiger partial charge in [0, 0.05) is 19.6 Å². The standard InChI is InChI=1S/C15H19N3O3/c1-3-18(10-11(2)14(19)20)15(21)17-9-13-6-4-5-12(7-13)8-16/h4-7,11H,3,9-10H2,1-2H3,(H,17,21)(H,19,20). The van der Waals surface area contributed by atoms with E-state index in [1.165, 1.54) is 4.90 Å². The van der Waals surface area contributed by atoms with Crippen LogP contribution in [0.3, 0.4) is 0 Å². The van der Waals surface area contributed by atoms with E-state index in [1.54, 1.807) is 32.0 Å². The minimum absolute atomic E-state index is 0.163. The summed E-state index contributed by atoms with van der Waals surface area (Å²) in [5, 5.41) is 20.4. The number of carbonyl (C=O) groups is 2. The number of carboxylic acid groups (broad SMARTS) is 1. The van der Waals surface area contributed by atoms with Crippen LogP contribution in [0.15, 0.2) is 24.3 Å². The highest BCUT2D eigenvalue weighted by Gasteiger charge is 2.18. The highest BCUT2D eigenvalue weighted by Crippen LogP contribution is 2.05. The lowest BCUT2D eigenvalue weighted by Gasteiger charge is -2.23. The fourth-order valence-electron chi connectivity index (χ4n) is 1.80. The summed E-state index contributed by atoms with van der Waals surface area (Å²) in [6.45, 7) is 4.25. The van der Waals surface area contributed by atoms with Gasteiger partial charge in [-0.1, -0.05) is 19.1 Å². The zero-order valence-electron chi connectivity index (χ0n) is 12.2. The molecule has 6 nitrogen and oxygen atoms in total. The van der Waals surface area contributed by atoms with Gasteiger partial charge in [0.2, 0.25) is 0 Å². The number of aliphatic carboxylic acids is 1. The van der Waals surface area contributed by atoms with Crippen LogP contribution in [-0.4, -0.2) is 35.1 Å². The second-order valence-corrected chi connectivity index (χ2v) is 4.75. The quantitative estimate of drug-likeness (QED) is 0.835. The molecule has 2 N–H and O–H groups in total. The van der Waals surface area contributed by atoms with Gasteiger partial charge in [0.25, 0.3) is 0 Å². The topological polar surface area (TPSA) is 93.4 Å². The summed E-state index contributed by atoms with van der Waals surface area (Å²) in [5.74, 6) is -1.54. The van der Waals surface area contributed by atoms with Gasteiger partial charge in [-0.2, -0.15) is 5.26 Å². The Kier molecular flexibility index (Phi) is 6.21. The lowest BCUT2D eigenvalue weighted by atomic mass is 10.1. The lowest BCUT2D eigenvalue weighted by molar-refractivity contribution is -0.141. The van der Waals surface area contributed by atoms with Gasteiger partial charge < -0.3 is 15.3 Å². The SMILES string of the molecule is CCN(CC(C)C(=O)O)C(=O)NCc1cccc(C#N)c1. The third-order valence-corrected chi connectivity index (χ3v) is 3.08. The van der Waals surface area contributed by atoms with Crippen LogP contribution in [0.4, 0.5) is 4.79 Å². The normalized spacial score (nSPS) is 11.3. The molecular formula is C15H19N3O3. The van der Waals surface area contributed by atoms with E-state index < -0.39 is 11.9 Å². The van der Waals surface area contributed by atoms with Crippen LogP contribution in [0, 0.1) is 17.2 Å². The molecule has 1 unspecified atom stereocenters. The molecule has 0 aliphatic heterocycles. The molecule has 0 radical (unpaired) electrons. The average molecular weight is 289 g/mol. The molecule has 2 amide bonds. The summed E-state index contributed by atoms with van der Waals surface area (Å²) in [5.41, 5.74) is 1.36. The fraction of sp³-hybridized carbons (Fsp3) is 0.400. The fourth-order valence-corrected chi connectivity index (χ4v) is 1.80. The summed E-state index contributed by atoms with van der Waals surface area (Å²) in [6.07, 6.45) is 0. The molecule has 1 atom stereocenters. The minimum Gasteiger partial charge on any atom is -0.481 e. The van der Waals surface area contributed by atoms with Gasteiger partial charge in [-0.25, -0.2) is 4.79 Å². The van der Waals surface area contributed by atoms with Crippen LogP contribution in [0.2, 0.25) is 0 Å². The number of rotatable bonds is 6. The largest absolute Gasteiger partial charge is 0.481 e. The highest BCUT2D eigenvalue weighted by molar-refractivity contribution is 5.76. The van der Waals surface area contributed by atoms with E-state index in [4.69, 9.17) is 10.4 Å². The van der Waals surface area contributed by atoms with Crippen molar-refractivity contribution < 1.29 is 14.7 Å². The molecule has 0 saturated heterocycles. The molecule has 0 bridgehead atoms. The maximum absolute atomic E-state index is 12.0. The van der Waals surface area contributed by atoms with Crippen LogP contribution in [0.1, 0.15) is 25.0 Å². The number of carbonyl (C=O) groups excluding carboxylic acids is 1. The van der Waals surface area contributed by atoms with Gasteiger partial charge in [0.05, 0.1) is 17.6 Å². The molecular weight excluding hydrogens is 270 g/mol. The molecule has 0 aliphatic carbocycles. The van der Waals surface area contributed by atoms with Crippen molar-refractivity contribution in [3.05, 3.63) is 35.4 Å². The maximum atomic E-state index is 12.0. The van der Waals surface area contributed by atoms with Crippen LogP contribution in [0.5, 0.6) is 0 Å². The second-order valence-electron chi connectivity index (χ2n) is 4.75. The third kappa shape index (κ3) is 5.15. The van der Waals surface area contributed by atoms with Crippen molar-refractivity contribution in [1.82, 2.24) is 10.2 Å². The summed E-state index contributed by atoms with van der Waals surface area (Å²) in [7, 11) is 0. The Bertz CT molecular complexity index is 551. The van der Waals surface area contributed by atoms with Crippen LogP contribution >= 0.6 is 0 Å². The molecule has 1 rings (SSSR count). The Balaban J connectivity index is 2.58. The number of benzene rings is 1. The van der Waals surface area contributed by atoms with Gasteiger partial charge in [-0.05, 0) is 24.6 Å². The first kappa shape index (κ1) is 16.5. The number of amides is 2. The summed E-state index contributed by atoms with van der Waals surface area (Å²) in [6, 6.07) is 8.70. The van der Waals surface area contributed by atoms with E-state index >= 15 is 0 Å². The molecule has 0 heterocycles. The van der Waals surface area contributed by atoms with Crippen LogP contribution in [-0.2, 0) is 11.3 Å². The maximum Gasteiger partial charge on any atom is 0.317 e. The minimum atomic E-state index is -0.928. The first-order valence-electron chi connectivity index (χ1n) is 6.72. The van der Waals surface area contributed by atoms with Gasteiger partial charge in [-0.3, -0.25) is 4.79 Å². The number of carboxylic acids is 1. The summed E-state index contributed by atoms with van der Waals surface area (Å²) >= 11 is 0. The number of nitrogens with one attached hydrogen (secondary N) is 1. The van der Waals surface area contributed by atoms with Crippen molar-refractivity contribution >= 4 is 12.0 Å². The Morgan fingerprint density at radius 3 is 2.76 bits per heavy atom. The van der Waals surface area contributed by atoms with E-state index in [9.17, 15) is 9.59 Å². The van der Waals surface area contributed by atoms with Gasteiger partial charge in [0.1, 0.15) is 0 Å². The monoisotopic (exact) mass is 289 g/mol. The van der Waals surface area contributed by atoms with Gasteiger partial charge in [-0.15, -0.1) is 0 Å². The zero-order chi connectivity index (χ0) is 15.8. The molecule has 21 heavy (non-hydrogen) atoms. The highest BCUT2D eigenvalue weighted by atomic mass is 16.4. The molecule has 0 aromatic heterocycles. The van der Waals surface area contributed by atoms with Crippen molar-refractivity contribution in [3.63, 3.8) is 0 Å². The Labute approximate surface area is 124 Å². The van der Waals surface area contributed by atoms with E-state index in [-0.39, 0.29) is 12.6 Å². The number of urea groups is 1. The second kappa shape index (κ2) is 7.90. The van der Waals surface area contributed by atoms with E-state index in [0.717, 1.165) is 5.56 Å². The third-order valence-electron chi connectivity index (χ3n) is 3.08. The lowest BCUT2D eigenvalue weighted by Crippen LogP contribution is -2.42. The Morgan fingerprint density at radius 1 is 1.48 bits per heavy atom. The van der Waals surface area contributed by atoms with Crippen LogP contribution in [0.25, 0.3) is 0 Å². The van der Waals surface area contributed by atoms with Gasteiger partial charge in [0.15, 0.2) is 0 Å². The predicted molar refractivity (Wildman–Crippen MR) is 77.4 cm³/mol. The van der Waals surface area contributed by atoms with Crippen molar-refractivity contribution in [2.75, 3.05) is 13.1 Å². The van der Waals surface area contributed by atoms with Crippen molar-refractivity contribution in [2.24, 2.45) is 5.92 Å². The molecule has 0 fully saturated rings. The number of hydrogen-bond donors (Lipinski definition) is 2.